The van der Waals surface area contributed by atoms with Gasteiger partial charge in [0.15, 0.2) is 0 Å². The zero-order chi connectivity index (χ0) is 11.4. The third-order valence-corrected chi connectivity index (χ3v) is 2.31. The zero-order valence-corrected chi connectivity index (χ0v) is 9.13. The van der Waals surface area contributed by atoms with Crippen molar-refractivity contribution in [3.8, 4) is 0 Å². The van der Waals surface area contributed by atoms with Gasteiger partial charge in [0.1, 0.15) is 7.85 Å². The fourth-order valence-corrected chi connectivity index (χ4v) is 1.30. The predicted octanol–water partition coefficient (Wildman–Crippen LogP) is 0.806. The highest BCUT2D eigenvalue weighted by molar-refractivity contribution is 6.33. The predicted molar refractivity (Wildman–Crippen MR) is 64.9 cm³/mol. The van der Waals surface area contributed by atoms with Gasteiger partial charge in [0.05, 0.1) is 7.85 Å². The minimum Gasteiger partial charge on any atom is -0.326 e. The lowest BCUT2D eigenvalue weighted by Crippen LogP contribution is -2.15. The van der Waals surface area contributed by atoms with Crippen molar-refractivity contribution in [2.75, 3.05) is 5.32 Å². The van der Waals surface area contributed by atoms with Gasteiger partial charge in [0.25, 0.3) is 0 Å². The summed E-state index contributed by atoms with van der Waals surface area (Å²) >= 11 is 0. The summed E-state index contributed by atoms with van der Waals surface area (Å²) in [6, 6.07) is 3.66. The van der Waals surface area contributed by atoms with Gasteiger partial charge in [-0.15, -0.1) is 0 Å². The minimum atomic E-state index is -0.0196. The van der Waals surface area contributed by atoms with E-state index in [0.29, 0.717) is 18.2 Å². The van der Waals surface area contributed by atoms with Crippen LogP contribution in [0.1, 0.15) is 24.5 Å². The summed E-state index contributed by atoms with van der Waals surface area (Å²) in [5, 5.41) is 2.80. The average Bonchev–Trinajstić information content (AvgIpc) is 2.22. The van der Waals surface area contributed by atoms with Crippen LogP contribution in [0.3, 0.4) is 0 Å². The Balaban J connectivity index is 3.05. The van der Waals surface area contributed by atoms with Gasteiger partial charge in [-0.05, 0) is 18.6 Å². The largest absolute Gasteiger partial charge is 0.326 e. The maximum Gasteiger partial charge on any atom is 0.224 e. The first-order valence-electron chi connectivity index (χ1n) is 4.97. The molecule has 0 saturated heterocycles. The van der Waals surface area contributed by atoms with Gasteiger partial charge in [-0.25, -0.2) is 0 Å². The number of carbonyl (C=O) groups excluding carboxylic acids is 1. The van der Waals surface area contributed by atoms with Crippen LogP contribution in [0.2, 0.25) is 0 Å². The van der Waals surface area contributed by atoms with E-state index in [-0.39, 0.29) is 5.91 Å². The molecule has 0 fully saturated rings. The highest BCUT2D eigenvalue weighted by atomic mass is 16.1. The van der Waals surface area contributed by atoms with Gasteiger partial charge in [0, 0.05) is 12.1 Å². The number of amides is 1. The van der Waals surface area contributed by atoms with Gasteiger partial charge in [-0.1, -0.05) is 30.3 Å². The second kappa shape index (κ2) is 5.06. The summed E-state index contributed by atoms with van der Waals surface area (Å²) in [6.07, 6.45) is 0.817. The molecule has 0 atom stereocenters. The number of anilines is 1. The molecular weight excluding hydrogens is 184 g/mol. The van der Waals surface area contributed by atoms with Gasteiger partial charge in [-0.2, -0.15) is 0 Å². The molecule has 74 valence electrons. The van der Waals surface area contributed by atoms with Crippen molar-refractivity contribution in [3.05, 3.63) is 23.3 Å². The standard InChI is InChI=1S/C11H13B2NO/c1-3-11(15)14-10-4-7(2)9(13)5-8(10)6-12/h4-5H,3,6H2,1-2H3,(H,14,15). The van der Waals surface area contributed by atoms with Crippen LogP contribution in [0.5, 0.6) is 0 Å². The van der Waals surface area contributed by atoms with Crippen LogP contribution in [0.15, 0.2) is 12.1 Å². The lowest BCUT2D eigenvalue weighted by atomic mass is 9.85. The summed E-state index contributed by atoms with van der Waals surface area (Å²) < 4.78 is 0. The molecule has 0 aliphatic carbocycles. The molecule has 0 heterocycles. The summed E-state index contributed by atoms with van der Waals surface area (Å²) in [7, 11) is 11.3. The van der Waals surface area contributed by atoms with Gasteiger partial charge < -0.3 is 5.32 Å². The molecule has 4 heteroatoms. The molecule has 1 N–H and O–H groups in total. The quantitative estimate of drug-likeness (QED) is 0.713. The molecule has 1 aromatic carbocycles. The van der Waals surface area contributed by atoms with E-state index in [4.69, 9.17) is 15.7 Å². The molecule has 0 aliphatic rings. The highest BCUT2D eigenvalue weighted by Gasteiger charge is 2.05. The van der Waals surface area contributed by atoms with Crippen molar-refractivity contribution >= 4 is 32.7 Å². The lowest BCUT2D eigenvalue weighted by Gasteiger charge is -2.12. The Morgan fingerprint density at radius 2 is 2.13 bits per heavy atom. The topological polar surface area (TPSA) is 29.1 Å². The monoisotopic (exact) mass is 197 g/mol. The maximum absolute atomic E-state index is 11.3. The fraction of sp³-hybridized carbons (Fsp3) is 0.364. The third-order valence-electron chi connectivity index (χ3n) is 2.31. The van der Waals surface area contributed by atoms with E-state index in [0.717, 1.165) is 16.8 Å². The molecule has 1 aromatic rings. The van der Waals surface area contributed by atoms with E-state index in [1.807, 2.05) is 19.9 Å². The third kappa shape index (κ3) is 2.88. The Labute approximate surface area is 93.3 Å². The second-order valence-electron chi connectivity index (χ2n) is 3.47. The second-order valence-corrected chi connectivity index (χ2v) is 3.47. The molecule has 0 aromatic heterocycles. The maximum atomic E-state index is 11.3. The molecule has 4 radical (unpaired) electrons. The van der Waals surface area contributed by atoms with Crippen LogP contribution in [0.25, 0.3) is 0 Å². The fourth-order valence-electron chi connectivity index (χ4n) is 1.30. The Morgan fingerprint density at radius 1 is 1.47 bits per heavy atom. The van der Waals surface area contributed by atoms with Crippen molar-refractivity contribution in [2.45, 2.75) is 26.6 Å². The van der Waals surface area contributed by atoms with E-state index in [1.54, 1.807) is 6.07 Å². The van der Waals surface area contributed by atoms with Crippen molar-refractivity contribution < 1.29 is 4.79 Å². The lowest BCUT2D eigenvalue weighted by molar-refractivity contribution is -0.115. The van der Waals surface area contributed by atoms with E-state index >= 15 is 0 Å². The Bertz CT molecular complexity index is 377. The zero-order valence-electron chi connectivity index (χ0n) is 9.13. The Morgan fingerprint density at radius 3 is 2.67 bits per heavy atom. The summed E-state index contributed by atoms with van der Waals surface area (Å²) in [5.41, 5.74) is 3.26. The van der Waals surface area contributed by atoms with E-state index in [1.165, 1.54) is 0 Å². The number of carbonyl (C=O) groups is 1. The van der Waals surface area contributed by atoms with E-state index in [9.17, 15) is 4.79 Å². The van der Waals surface area contributed by atoms with Crippen LogP contribution in [0.4, 0.5) is 5.69 Å². The van der Waals surface area contributed by atoms with Gasteiger partial charge in [0.2, 0.25) is 5.91 Å². The van der Waals surface area contributed by atoms with Gasteiger partial charge in [-0.3, -0.25) is 4.79 Å². The molecule has 0 saturated carbocycles. The van der Waals surface area contributed by atoms with Crippen LogP contribution < -0.4 is 10.8 Å². The molecule has 0 unspecified atom stereocenters. The first kappa shape index (κ1) is 11.9. The van der Waals surface area contributed by atoms with E-state index < -0.39 is 0 Å². The van der Waals surface area contributed by atoms with Gasteiger partial charge >= 0.3 is 0 Å². The number of benzene rings is 1. The first-order valence-corrected chi connectivity index (χ1v) is 4.97. The SMILES string of the molecule is [B]Cc1cc([B])c(C)cc1NC(=O)CC. The number of hydrogen-bond acceptors (Lipinski definition) is 1. The molecule has 0 aliphatic heterocycles. The van der Waals surface area contributed by atoms with Crippen molar-refractivity contribution in [1.82, 2.24) is 0 Å². The smallest absolute Gasteiger partial charge is 0.224 e. The molecule has 0 spiro atoms. The van der Waals surface area contributed by atoms with Crippen LogP contribution >= 0.6 is 0 Å². The van der Waals surface area contributed by atoms with Crippen LogP contribution in [-0.2, 0) is 11.1 Å². The van der Waals surface area contributed by atoms with Crippen LogP contribution in [0, 0.1) is 6.92 Å². The normalized spacial score (nSPS) is 10.0. The van der Waals surface area contributed by atoms with Crippen molar-refractivity contribution in [2.24, 2.45) is 0 Å². The summed E-state index contributed by atoms with van der Waals surface area (Å²) in [5.74, 6) is -0.0196. The summed E-state index contributed by atoms with van der Waals surface area (Å²) in [6.45, 7) is 3.71. The molecule has 0 bridgehead atoms. The first-order chi connectivity index (χ1) is 7.08. The average molecular weight is 197 g/mol. The van der Waals surface area contributed by atoms with Crippen molar-refractivity contribution in [1.29, 1.82) is 0 Å². The Hall–Kier alpha value is -1.18. The summed E-state index contributed by atoms with van der Waals surface area (Å²) in [4.78, 5) is 11.3. The molecule has 1 amide bonds. The number of aryl methyl sites for hydroxylation is 1. The Kier molecular flexibility index (Phi) is 4.01. The molecular formula is C11H13B2NO. The van der Waals surface area contributed by atoms with Crippen molar-refractivity contribution in [3.63, 3.8) is 0 Å². The minimum absolute atomic E-state index is 0.0196. The van der Waals surface area contributed by atoms with Crippen LogP contribution in [-0.4, -0.2) is 21.6 Å². The number of rotatable bonds is 3. The molecule has 1 rings (SSSR count). The highest BCUT2D eigenvalue weighted by Crippen LogP contribution is 2.16. The van der Waals surface area contributed by atoms with E-state index in [2.05, 4.69) is 5.32 Å². The number of nitrogens with one attached hydrogen (secondary N) is 1. The number of hydrogen-bond donors (Lipinski definition) is 1. The molecule has 15 heavy (non-hydrogen) atoms. The molecule has 2 nitrogen and oxygen atoms in total.